The minimum atomic E-state index is 0.203. The fraction of sp³-hybridized carbons (Fsp3) is 0.632. The Labute approximate surface area is 138 Å². The molecule has 1 N–H and O–H groups in total. The molecule has 3 aliphatic rings. The van der Waals surface area contributed by atoms with Crippen LogP contribution in [0.15, 0.2) is 24.3 Å². The van der Waals surface area contributed by atoms with E-state index in [0.29, 0.717) is 17.4 Å². The number of piperidine rings is 1. The first kappa shape index (κ1) is 15.0. The number of benzene rings is 1. The van der Waals surface area contributed by atoms with E-state index >= 15 is 0 Å². The van der Waals surface area contributed by atoms with E-state index in [9.17, 15) is 4.79 Å². The summed E-state index contributed by atoms with van der Waals surface area (Å²) in [7, 11) is 0. The molecule has 1 atom stereocenters. The summed E-state index contributed by atoms with van der Waals surface area (Å²) in [5.74, 6) is 0.716. The lowest BCUT2D eigenvalue weighted by atomic mass is 9.68. The number of hydrogen-bond donors (Lipinski definition) is 1. The maximum Gasteiger partial charge on any atom is 0.324 e. The van der Waals surface area contributed by atoms with Crippen LogP contribution in [0.5, 0.6) is 0 Å². The Kier molecular flexibility index (Phi) is 3.60. The standard InChI is InChI=1S/C19H27N3O/c1-19(2)13-20-17(19)15-7-10-21(11-8-15)18(23)22-12-9-14-5-3-4-6-16(14)22/h3-6,15,17,20H,7-13H2,1-2H3/t17-/m0/s1. The Bertz CT molecular complexity index is 604. The summed E-state index contributed by atoms with van der Waals surface area (Å²) >= 11 is 0. The highest BCUT2D eigenvalue weighted by Crippen LogP contribution is 2.38. The summed E-state index contributed by atoms with van der Waals surface area (Å²) in [5.41, 5.74) is 2.84. The van der Waals surface area contributed by atoms with Gasteiger partial charge in [0.15, 0.2) is 0 Å². The minimum absolute atomic E-state index is 0.203. The first-order chi connectivity index (χ1) is 11.1. The molecule has 0 aliphatic carbocycles. The number of hydrogen-bond acceptors (Lipinski definition) is 2. The Morgan fingerprint density at radius 2 is 1.91 bits per heavy atom. The van der Waals surface area contributed by atoms with Gasteiger partial charge in [0.2, 0.25) is 0 Å². The van der Waals surface area contributed by atoms with Gasteiger partial charge in [-0.15, -0.1) is 0 Å². The van der Waals surface area contributed by atoms with Crippen molar-refractivity contribution in [2.75, 3.05) is 31.1 Å². The maximum atomic E-state index is 12.9. The van der Waals surface area contributed by atoms with Crippen molar-refractivity contribution in [1.29, 1.82) is 0 Å². The van der Waals surface area contributed by atoms with Gasteiger partial charge < -0.3 is 10.2 Å². The van der Waals surface area contributed by atoms with Crippen LogP contribution in [-0.4, -0.2) is 43.2 Å². The molecule has 1 aromatic rings. The zero-order valence-corrected chi connectivity index (χ0v) is 14.2. The molecule has 124 valence electrons. The normalized spacial score (nSPS) is 26.8. The lowest BCUT2D eigenvalue weighted by molar-refractivity contribution is 0.0464. The average molecular weight is 313 g/mol. The molecule has 3 aliphatic heterocycles. The first-order valence-corrected chi connectivity index (χ1v) is 8.94. The molecule has 0 unspecified atom stereocenters. The fourth-order valence-corrected chi connectivity index (χ4v) is 4.56. The summed E-state index contributed by atoms with van der Waals surface area (Å²) in [4.78, 5) is 16.9. The Hall–Kier alpha value is -1.55. The highest BCUT2D eigenvalue weighted by atomic mass is 16.2. The van der Waals surface area contributed by atoms with Gasteiger partial charge in [-0.1, -0.05) is 32.0 Å². The van der Waals surface area contributed by atoms with Gasteiger partial charge in [-0.2, -0.15) is 0 Å². The van der Waals surface area contributed by atoms with Gasteiger partial charge in [-0.25, -0.2) is 4.79 Å². The molecular weight excluding hydrogens is 286 g/mol. The third-order valence-electron chi connectivity index (χ3n) is 6.02. The number of fused-ring (bicyclic) bond motifs is 1. The predicted molar refractivity (Wildman–Crippen MR) is 92.8 cm³/mol. The largest absolute Gasteiger partial charge is 0.324 e. The molecule has 4 rings (SSSR count). The van der Waals surface area contributed by atoms with Crippen LogP contribution in [0.3, 0.4) is 0 Å². The van der Waals surface area contributed by atoms with Gasteiger partial charge >= 0.3 is 6.03 Å². The van der Waals surface area contributed by atoms with Crippen molar-refractivity contribution in [1.82, 2.24) is 10.2 Å². The van der Waals surface area contributed by atoms with Crippen molar-refractivity contribution >= 4 is 11.7 Å². The Morgan fingerprint density at radius 3 is 2.57 bits per heavy atom. The van der Waals surface area contributed by atoms with Crippen LogP contribution < -0.4 is 10.2 Å². The molecule has 0 bridgehead atoms. The molecule has 23 heavy (non-hydrogen) atoms. The number of nitrogens with zero attached hydrogens (tertiary/aromatic N) is 2. The number of carbonyl (C=O) groups excluding carboxylic acids is 1. The second-order valence-electron chi connectivity index (χ2n) is 7.98. The number of likely N-dealkylation sites (tertiary alicyclic amines) is 1. The number of rotatable bonds is 1. The zero-order chi connectivity index (χ0) is 16.0. The van der Waals surface area contributed by atoms with Gasteiger partial charge in [-0.3, -0.25) is 4.90 Å². The average Bonchev–Trinajstić information content (AvgIpc) is 2.98. The van der Waals surface area contributed by atoms with E-state index in [1.54, 1.807) is 0 Å². The van der Waals surface area contributed by atoms with Gasteiger partial charge in [0.1, 0.15) is 0 Å². The van der Waals surface area contributed by atoms with Crippen LogP contribution in [0.25, 0.3) is 0 Å². The summed E-state index contributed by atoms with van der Waals surface area (Å²) in [6.45, 7) is 8.46. The quantitative estimate of drug-likeness (QED) is 0.865. The number of anilines is 1. The topological polar surface area (TPSA) is 35.6 Å². The van der Waals surface area contributed by atoms with Crippen molar-refractivity contribution in [3.8, 4) is 0 Å². The number of para-hydroxylation sites is 1. The van der Waals surface area contributed by atoms with Crippen molar-refractivity contribution in [2.45, 2.75) is 39.2 Å². The summed E-state index contributed by atoms with van der Waals surface area (Å²) in [5, 5.41) is 3.60. The Balaban J connectivity index is 1.39. The molecule has 0 radical (unpaired) electrons. The van der Waals surface area contributed by atoms with Crippen LogP contribution in [0.1, 0.15) is 32.3 Å². The van der Waals surface area contributed by atoms with Crippen LogP contribution >= 0.6 is 0 Å². The molecule has 4 heteroatoms. The monoisotopic (exact) mass is 313 g/mol. The number of amides is 2. The summed E-state index contributed by atoms with van der Waals surface area (Å²) in [6, 6.07) is 9.14. The lowest BCUT2D eigenvalue weighted by Crippen LogP contribution is -2.64. The molecule has 1 aromatic carbocycles. The van der Waals surface area contributed by atoms with E-state index in [0.717, 1.165) is 51.1 Å². The van der Waals surface area contributed by atoms with E-state index in [4.69, 9.17) is 0 Å². The second-order valence-corrected chi connectivity index (χ2v) is 7.98. The molecule has 0 saturated carbocycles. The van der Waals surface area contributed by atoms with Gasteiger partial charge in [0, 0.05) is 37.9 Å². The van der Waals surface area contributed by atoms with Crippen molar-refractivity contribution in [2.24, 2.45) is 11.3 Å². The van der Waals surface area contributed by atoms with E-state index < -0.39 is 0 Å². The number of urea groups is 1. The SMILES string of the molecule is CC1(C)CN[C@H]1C1CCN(C(=O)N2CCc3ccccc32)CC1. The van der Waals surface area contributed by atoms with Crippen LogP contribution in [0.4, 0.5) is 10.5 Å². The molecule has 3 heterocycles. The van der Waals surface area contributed by atoms with Crippen LogP contribution in [0, 0.1) is 11.3 Å². The summed E-state index contributed by atoms with van der Waals surface area (Å²) < 4.78 is 0. The fourth-order valence-electron chi connectivity index (χ4n) is 4.56. The molecule has 2 saturated heterocycles. The zero-order valence-electron chi connectivity index (χ0n) is 14.2. The van der Waals surface area contributed by atoms with Gasteiger partial charge in [0.25, 0.3) is 0 Å². The van der Waals surface area contributed by atoms with Crippen molar-refractivity contribution in [3.05, 3.63) is 29.8 Å². The Morgan fingerprint density at radius 1 is 1.17 bits per heavy atom. The second kappa shape index (κ2) is 5.52. The molecule has 0 spiro atoms. The van der Waals surface area contributed by atoms with Gasteiger partial charge in [0.05, 0.1) is 0 Å². The highest BCUT2D eigenvalue weighted by Gasteiger charge is 2.44. The molecule has 2 fully saturated rings. The first-order valence-electron chi connectivity index (χ1n) is 8.94. The molecule has 4 nitrogen and oxygen atoms in total. The van der Waals surface area contributed by atoms with Gasteiger partial charge in [-0.05, 0) is 42.2 Å². The van der Waals surface area contributed by atoms with E-state index in [1.807, 2.05) is 11.0 Å². The smallest absolute Gasteiger partial charge is 0.324 e. The lowest BCUT2D eigenvalue weighted by Gasteiger charge is -2.51. The van der Waals surface area contributed by atoms with Crippen LogP contribution in [0.2, 0.25) is 0 Å². The molecule has 0 aromatic heterocycles. The van der Waals surface area contributed by atoms with Crippen molar-refractivity contribution < 1.29 is 4.79 Å². The predicted octanol–water partition coefficient (Wildman–Crippen LogP) is 2.88. The van der Waals surface area contributed by atoms with E-state index in [-0.39, 0.29) is 6.03 Å². The van der Waals surface area contributed by atoms with Crippen LogP contribution in [-0.2, 0) is 6.42 Å². The maximum absolute atomic E-state index is 12.9. The van der Waals surface area contributed by atoms with E-state index in [1.165, 1.54) is 5.56 Å². The minimum Gasteiger partial charge on any atom is -0.324 e. The number of nitrogens with one attached hydrogen (secondary N) is 1. The van der Waals surface area contributed by atoms with E-state index in [2.05, 4.69) is 42.3 Å². The third-order valence-corrected chi connectivity index (χ3v) is 6.02. The third kappa shape index (κ3) is 2.53. The highest BCUT2D eigenvalue weighted by molar-refractivity contribution is 5.94. The summed E-state index contributed by atoms with van der Waals surface area (Å²) in [6.07, 6.45) is 3.24. The van der Waals surface area contributed by atoms with Crippen molar-refractivity contribution in [3.63, 3.8) is 0 Å². The molecular formula is C19H27N3O. The number of carbonyl (C=O) groups is 1. The molecule has 2 amide bonds.